The van der Waals surface area contributed by atoms with Crippen LogP contribution in [0, 0.1) is 0 Å². The van der Waals surface area contributed by atoms with Gasteiger partial charge in [0.2, 0.25) is 0 Å². The third-order valence-electron chi connectivity index (χ3n) is 12.0. The van der Waals surface area contributed by atoms with Gasteiger partial charge in [-0.25, -0.2) is 0 Å². The molecule has 53 heavy (non-hydrogen) atoms. The molecule has 0 aromatic heterocycles. The minimum Gasteiger partial charge on any atom is -0.0622 e. The van der Waals surface area contributed by atoms with E-state index in [4.69, 9.17) is 0 Å². The fourth-order valence-corrected chi connectivity index (χ4v) is 9.56. The predicted molar refractivity (Wildman–Crippen MR) is 227 cm³/mol. The second-order valence-electron chi connectivity index (χ2n) is 15.2. The summed E-state index contributed by atoms with van der Waals surface area (Å²) in [5, 5.41) is 10.5. The van der Waals surface area contributed by atoms with E-state index >= 15 is 0 Å². The highest BCUT2D eigenvalue weighted by Gasteiger charge is 2.36. The topological polar surface area (TPSA) is 0 Å². The van der Waals surface area contributed by atoms with Gasteiger partial charge in [0, 0.05) is 5.41 Å². The van der Waals surface area contributed by atoms with Crippen LogP contribution in [0.5, 0.6) is 0 Å². The van der Waals surface area contributed by atoms with Gasteiger partial charge in [-0.2, -0.15) is 0 Å². The number of rotatable bonds is 4. The molecule has 0 bridgehead atoms. The number of hydrogen-bond donors (Lipinski definition) is 0. The van der Waals surface area contributed by atoms with Crippen LogP contribution in [0.1, 0.15) is 25.0 Å². The summed E-state index contributed by atoms with van der Waals surface area (Å²) < 4.78 is 0. The van der Waals surface area contributed by atoms with Crippen molar-refractivity contribution in [3.63, 3.8) is 0 Å². The lowest BCUT2D eigenvalue weighted by atomic mass is 9.80. The molecular formula is C53H36. The van der Waals surface area contributed by atoms with Crippen molar-refractivity contribution >= 4 is 43.1 Å². The van der Waals surface area contributed by atoms with Crippen LogP contribution < -0.4 is 0 Å². The van der Waals surface area contributed by atoms with E-state index in [1.54, 1.807) is 0 Å². The number of benzene rings is 10. The van der Waals surface area contributed by atoms with E-state index in [1.807, 2.05) is 0 Å². The zero-order valence-electron chi connectivity index (χ0n) is 29.8. The molecule has 248 valence electrons. The Morgan fingerprint density at radius 1 is 0.302 bits per heavy atom. The van der Waals surface area contributed by atoms with Gasteiger partial charge in [-0.3, -0.25) is 0 Å². The summed E-state index contributed by atoms with van der Waals surface area (Å²) >= 11 is 0. The maximum absolute atomic E-state index is 2.39. The van der Waals surface area contributed by atoms with E-state index in [-0.39, 0.29) is 5.41 Å². The monoisotopic (exact) mass is 672 g/mol. The van der Waals surface area contributed by atoms with Gasteiger partial charge in [-0.1, -0.05) is 184 Å². The molecule has 0 radical (unpaired) electrons. The van der Waals surface area contributed by atoms with Crippen molar-refractivity contribution in [2.45, 2.75) is 19.3 Å². The smallest absolute Gasteiger partial charge is 0.0165 e. The fourth-order valence-electron chi connectivity index (χ4n) is 9.56. The predicted octanol–water partition coefficient (Wildman–Crippen LogP) is 14.7. The molecule has 1 aliphatic carbocycles. The Bertz CT molecular complexity index is 3070. The van der Waals surface area contributed by atoms with Crippen LogP contribution in [0.3, 0.4) is 0 Å². The van der Waals surface area contributed by atoms with Gasteiger partial charge in [0.25, 0.3) is 0 Å². The summed E-state index contributed by atoms with van der Waals surface area (Å²) in [6, 6.07) is 67.8. The van der Waals surface area contributed by atoms with Crippen molar-refractivity contribution in [3.05, 3.63) is 193 Å². The Hall–Kier alpha value is -6.50. The standard InChI is InChI=1S/C53H36/c1-53(2)49-18-9-8-17-45(49)48-30-24-39-32-38(23-27-44(39)52(48)53)41-16-7-6-15-40(41)36-13-10-14-37(31-36)43-26-20-35-21-28-46-42(33-11-4-3-5-12-33)25-19-34-22-29-47(43)51(35)50(34)46/h3-32H,1-2H3. The van der Waals surface area contributed by atoms with Gasteiger partial charge < -0.3 is 0 Å². The molecule has 0 unspecified atom stereocenters. The molecule has 1 aliphatic rings. The Balaban J connectivity index is 1.03. The van der Waals surface area contributed by atoms with Crippen LogP contribution in [0.15, 0.2) is 182 Å². The van der Waals surface area contributed by atoms with E-state index in [0.29, 0.717) is 0 Å². The average molecular weight is 673 g/mol. The maximum atomic E-state index is 2.39. The van der Waals surface area contributed by atoms with Crippen LogP contribution in [0.25, 0.3) is 98.7 Å². The van der Waals surface area contributed by atoms with Crippen LogP contribution in [-0.4, -0.2) is 0 Å². The molecule has 10 aromatic rings. The molecule has 0 atom stereocenters. The second-order valence-corrected chi connectivity index (χ2v) is 15.2. The molecule has 0 nitrogen and oxygen atoms in total. The van der Waals surface area contributed by atoms with Crippen molar-refractivity contribution in [3.8, 4) is 55.6 Å². The van der Waals surface area contributed by atoms with Crippen LogP contribution in [-0.2, 0) is 5.41 Å². The lowest BCUT2D eigenvalue weighted by Crippen LogP contribution is -2.15. The van der Waals surface area contributed by atoms with Crippen molar-refractivity contribution in [2.24, 2.45) is 0 Å². The van der Waals surface area contributed by atoms with E-state index in [9.17, 15) is 0 Å². The van der Waals surface area contributed by atoms with Gasteiger partial charge >= 0.3 is 0 Å². The SMILES string of the molecule is CC1(C)c2ccccc2-c2ccc3cc(-c4ccccc4-c4cccc(-c5ccc6ccc7c(-c8ccccc8)ccc8ccc5c6c87)c4)ccc3c21. The highest BCUT2D eigenvalue weighted by atomic mass is 14.4. The molecule has 0 saturated heterocycles. The first-order valence-corrected chi connectivity index (χ1v) is 18.7. The zero-order valence-corrected chi connectivity index (χ0v) is 29.8. The van der Waals surface area contributed by atoms with E-state index < -0.39 is 0 Å². The van der Waals surface area contributed by atoms with Crippen LogP contribution >= 0.6 is 0 Å². The van der Waals surface area contributed by atoms with Crippen LogP contribution in [0.2, 0.25) is 0 Å². The largest absolute Gasteiger partial charge is 0.0622 e. The first-order valence-electron chi connectivity index (χ1n) is 18.7. The quantitative estimate of drug-likeness (QED) is 0.163. The molecular weight excluding hydrogens is 637 g/mol. The van der Waals surface area contributed by atoms with Crippen molar-refractivity contribution < 1.29 is 0 Å². The zero-order chi connectivity index (χ0) is 35.3. The Kier molecular flexibility index (Phi) is 6.40. The minimum atomic E-state index is -0.0411. The van der Waals surface area contributed by atoms with E-state index in [2.05, 4.69) is 196 Å². The lowest BCUT2D eigenvalue weighted by Gasteiger charge is -2.23. The highest BCUT2D eigenvalue weighted by Crippen LogP contribution is 2.51. The summed E-state index contributed by atoms with van der Waals surface area (Å²) in [6.07, 6.45) is 0. The number of hydrogen-bond acceptors (Lipinski definition) is 0. The number of fused-ring (bicyclic) bond motifs is 5. The average Bonchev–Trinajstić information content (AvgIpc) is 3.46. The summed E-state index contributed by atoms with van der Waals surface area (Å²) in [4.78, 5) is 0. The molecule has 11 rings (SSSR count). The second kappa shape index (κ2) is 11.2. The molecule has 0 heterocycles. The molecule has 10 aromatic carbocycles. The normalized spacial score (nSPS) is 13.2. The van der Waals surface area contributed by atoms with Gasteiger partial charge in [0.15, 0.2) is 0 Å². The molecule has 0 amide bonds. The third kappa shape index (κ3) is 4.42. The Morgan fingerprint density at radius 3 is 1.49 bits per heavy atom. The Morgan fingerprint density at radius 2 is 0.792 bits per heavy atom. The lowest BCUT2D eigenvalue weighted by molar-refractivity contribution is 0.666. The fraction of sp³-hybridized carbons (Fsp3) is 0.0566. The summed E-state index contributed by atoms with van der Waals surface area (Å²) in [5.74, 6) is 0. The first-order chi connectivity index (χ1) is 26.0. The van der Waals surface area contributed by atoms with Gasteiger partial charge in [0.05, 0.1) is 0 Å². The molecule has 0 N–H and O–H groups in total. The van der Waals surface area contributed by atoms with Crippen molar-refractivity contribution in [2.75, 3.05) is 0 Å². The van der Waals surface area contributed by atoms with E-state index in [1.165, 1.54) is 110 Å². The highest BCUT2D eigenvalue weighted by molar-refractivity contribution is 6.27. The van der Waals surface area contributed by atoms with Gasteiger partial charge in [0.1, 0.15) is 0 Å². The molecule has 0 fully saturated rings. The summed E-state index contributed by atoms with van der Waals surface area (Å²) in [6.45, 7) is 4.74. The molecule has 0 saturated carbocycles. The summed E-state index contributed by atoms with van der Waals surface area (Å²) in [5.41, 5.74) is 15.5. The van der Waals surface area contributed by atoms with Crippen molar-refractivity contribution in [1.29, 1.82) is 0 Å². The summed E-state index contributed by atoms with van der Waals surface area (Å²) in [7, 11) is 0. The van der Waals surface area contributed by atoms with Crippen LogP contribution in [0.4, 0.5) is 0 Å². The Labute approximate surface area is 310 Å². The molecule has 0 heteroatoms. The molecule has 0 aliphatic heterocycles. The third-order valence-corrected chi connectivity index (χ3v) is 12.0. The van der Waals surface area contributed by atoms with E-state index in [0.717, 1.165) is 0 Å². The van der Waals surface area contributed by atoms with Gasteiger partial charge in [-0.15, -0.1) is 0 Å². The minimum absolute atomic E-state index is 0.0411. The molecule has 0 spiro atoms. The van der Waals surface area contributed by atoms with Crippen molar-refractivity contribution in [1.82, 2.24) is 0 Å². The maximum Gasteiger partial charge on any atom is 0.0165 e. The first kappa shape index (κ1) is 30.2. The van der Waals surface area contributed by atoms with Gasteiger partial charge in [-0.05, 0) is 122 Å².